The predicted molar refractivity (Wildman–Crippen MR) is 228 cm³/mol. The molecular weight excluding hydrogens is 683 g/mol. The predicted octanol–water partition coefficient (Wildman–Crippen LogP) is 12.3. The summed E-state index contributed by atoms with van der Waals surface area (Å²) in [6, 6.07) is 66.5. The molecule has 8 aromatic carbocycles. The maximum Gasteiger partial charge on any atom is 0.0992 e. The Morgan fingerprint density at radius 1 is 0.393 bits per heavy atom. The first kappa shape index (κ1) is 31.6. The second kappa shape index (κ2) is 12.4. The Kier molecular flexibility index (Phi) is 6.98. The fourth-order valence-corrected chi connectivity index (χ4v) is 9.01. The van der Waals surface area contributed by atoms with Crippen LogP contribution in [-0.4, -0.2) is 13.7 Å². The van der Waals surface area contributed by atoms with Gasteiger partial charge in [-0.2, -0.15) is 10.5 Å². The third-order valence-electron chi connectivity index (χ3n) is 11.3. The van der Waals surface area contributed by atoms with E-state index < -0.39 is 0 Å². The van der Waals surface area contributed by atoms with E-state index in [1.807, 2.05) is 12.1 Å². The molecule has 56 heavy (non-hydrogen) atoms. The molecule has 0 saturated heterocycles. The number of nitrogens with zero attached hydrogens (tertiary/aromatic N) is 5. The molecule has 0 atom stereocenters. The summed E-state index contributed by atoms with van der Waals surface area (Å²) in [5, 5.41) is 26.6. The average molecular weight is 714 g/mol. The number of rotatable bonds is 5. The van der Waals surface area contributed by atoms with E-state index >= 15 is 0 Å². The molecule has 11 rings (SSSR count). The zero-order chi connectivity index (χ0) is 37.3. The van der Waals surface area contributed by atoms with Crippen molar-refractivity contribution in [3.05, 3.63) is 198 Å². The molecule has 3 heterocycles. The SMILES string of the molecule is N#Cc1cc(C#N)cc(Cc2ccccc2-n2c3ccccc3c3cc(-n4c5ccccc5c5ccc6c(c7ccccc7n6-c6ccccc6)c54)ccc32)c1. The molecule has 0 spiro atoms. The molecule has 0 saturated carbocycles. The summed E-state index contributed by atoms with van der Waals surface area (Å²) in [6.07, 6.45) is 0.584. The number of hydrogen-bond donors (Lipinski definition) is 0. The highest BCUT2D eigenvalue weighted by molar-refractivity contribution is 6.26. The van der Waals surface area contributed by atoms with Crippen LogP contribution >= 0.6 is 0 Å². The molecular formula is C51H31N5. The van der Waals surface area contributed by atoms with Crippen molar-refractivity contribution in [1.82, 2.24) is 13.7 Å². The molecule has 0 unspecified atom stereocenters. The molecule has 0 N–H and O–H groups in total. The van der Waals surface area contributed by atoms with Crippen LogP contribution in [0.25, 0.3) is 82.5 Å². The van der Waals surface area contributed by atoms with Crippen LogP contribution in [-0.2, 0) is 6.42 Å². The van der Waals surface area contributed by atoms with Gasteiger partial charge in [-0.25, -0.2) is 0 Å². The van der Waals surface area contributed by atoms with Gasteiger partial charge in [0.25, 0.3) is 0 Å². The van der Waals surface area contributed by atoms with Gasteiger partial charge in [-0.3, -0.25) is 0 Å². The number of hydrogen-bond acceptors (Lipinski definition) is 2. The standard InChI is InChI=1S/C51H31N5/c52-31-34-26-33(27-35(28-34)32-53)29-36-12-4-8-18-44(36)56-46-20-10-6-16-40(46)43-30-38(22-24-48(43)56)55-45-19-9-5-15-39(45)41-23-25-49-50(51(41)55)42-17-7-11-21-47(42)54(49)37-13-2-1-3-14-37/h1-28,30H,29H2. The topological polar surface area (TPSA) is 62.4 Å². The molecule has 0 aliphatic rings. The van der Waals surface area contributed by atoms with Gasteiger partial charge in [-0.05, 0) is 96.4 Å². The maximum atomic E-state index is 9.68. The Hall–Kier alpha value is -7.86. The molecule has 0 aliphatic carbocycles. The van der Waals surface area contributed by atoms with E-state index in [0.29, 0.717) is 17.5 Å². The summed E-state index contributed by atoms with van der Waals surface area (Å²) in [5.41, 5.74) is 13.3. The fraction of sp³-hybridized carbons (Fsp3) is 0.0196. The van der Waals surface area contributed by atoms with Gasteiger partial charge in [0.15, 0.2) is 0 Å². The minimum Gasteiger partial charge on any atom is -0.309 e. The lowest BCUT2D eigenvalue weighted by atomic mass is 9.99. The van der Waals surface area contributed by atoms with Gasteiger partial charge in [0.1, 0.15) is 0 Å². The first-order valence-corrected chi connectivity index (χ1v) is 18.8. The average Bonchev–Trinajstić information content (AvgIpc) is 3.89. The van der Waals surface area contributed by atoms with E-state index in [2.05, 4.69) is 184 Å². The lowest BCUT2D eigenvalue weighted by Crippen LogP contribution is -2.01. The van der Waals surface area contributed by atoms with Gasteiger partial charge in [-0.15, -0.1) is 0 Å². The molecule has 3 aromatic heterocycles. The van der Waals surface area contributed by atoms with E-state index in [0.717, 1.165) is 50.1 Å². The number of benzene rings is 8. The quantitative estimate of drug-likeness (QED) is 0.178. The van der Waals surface area contributed by atoms with Gasteiger partial charge in [0.2, 0.25) is 0 Å². The van der Waals surface area contributed by atoms with Gasteiger partial charge in [0, 0.05) is 49.4 Å². The summed E-state index contributed by atoms with van der Waals surface area (Å²) in [7, 11) is 0. The number of aromatic nitrogens is 3. The summed E-state index contributed by atoms with van der Waals surface area (Å²) in [5.74, 6) is 0. The van der Waals surface area contributed by atoms with Gasteiger partial charge < -0.3 is 13.7 Å². The largest absolute Gasteiger partial charge is 0.309 e. The number of fused-ring (bicyclic) bond motifs is 10. The first-order valence-electron chi connectivity index (χ1n) is 18.8. The van der Waals surface area contributed by atoms with Crippen LogP contribution in [0.5, 0.6) is 0 Å². The summed E-state index contributed by atoms with van der Waals surface area (Å²) in [6.45, 7) is 0. The van der Waals surface area contributed by atoms with Crippen molar-refractivity contribution in [2.24, 2.45) is 0 Å². The van der Waals surface area contributed by atoms with Crippen molar-refractivity contribution in [1.29, 1.82) is 10.5 Å². The highest BCUT2D eigenvalue weighted by atomic mass is 15.0. The molecule has 0 amide bonds. The smallest absolute Gasteiger partial charge is 0.0992 e. The monoisotopic (exact) mass is 713 g/mol. The second-order valence-electron chi connectivity index (χ2n) is 14.4. The molecule has 0 fully saturated rings. The molecule has 5 heteroatoms. The van der Waals surface area contributed by atoms with E-state index in [-0.39, 0.29) is 0 Å². The Morgan fingerprint density at radius 3 is 1.70 bits per heavy atom. The fourth-order valence-electron chi connectivity index (χ4n) is 9.01. The van der Waals surface area contributed by atoms with E-state index in [4.69, 9.17) is 0 Å². The molecule has 0 bridgehead atoms. The summed E-state index contributed by atoms with van der Waals surface area (Å²) >= 11 is 0. The summed E-state index contributed by atoms with van der Waals surface area (Å²) < 4.78 is 7.21. The molecule has 0 aliphatic heterocycles. The zero-order valence-electron chi connectivity index (χ0n) is 30.2. The Bertz CT molecular complexity index is 3440. The van der Waals surface area contributed by atoms with Crippen molar-refractivity contribution in [2.75, 3.05) is 0 Å². The normalized spacial score (nSPS) is 11.6. The lowest BCUT2D eigenvalue weighted by Gasteiger charge is -2.15. The number of para-hydroxylation sites is 5. The van der Waals surface area contributed by atoms with E-state index in [1.54, 1.807) is 6.07 Å². The van der Waals surface area contributed by atoms with Crippen LogP contribution < -0.4 is 0 Å². The Balaban J connectivity index is 1.18. The Labute approximate surface area is 322 Å². The van der Waals surface area contributed by atoms with Crippen molar-refractivity contribution < 1.29 is 0 Å². The first-order chi connectivity index (χ1) is 27.7. The molecule has 260 valence electrons. The zero-order valence-corrected chi connectivity index (χ0v) is 30.2. The van der Waals surface area contributed by atoms with Gasteiger partial charge in [0.05, 0.1) is 56.4 Å². The minimum atomic E-state index is 0.493. The third-order valence-corrected chi connectivity index (χ3v) is 11.3. The molecule has 0 radical (unpaired) electrons. The van der Waals surface area contributed by atoms with Crippen LogP contribution in [0.3, 0.4) is 0 Å². The molecule has 11 aromatic rings. The third kappa shape index (κ3) is 4.65. The van der Waals surface area contributed by atoms with E-state index in [1.165, 1.54) is 43.5 Å². The number of nitriles is 2. The highest BCUT2D eigenvalue weighted by Crippen LogP contribution is 2.43. The van der Waals surface area contributed by atoms with Gasteiger partial charge >= 0.3 is 0 Å². The lowest BCUT2D eigenvalue weighted by molar-refractivity contribution is 1.09. The van der Waals surface area contributed by atoms with Crippen molar-refractivity contribution in [3.63, 3.8) is 0 Å². The minimum absolute atomic E-state index is 0.493. The highest BCUT2D eigenvalue weighted by Gasteiger charge is 2.22. The van der Waals surface area contributed by atoms with Crippen LogP contribution in [0.15, 0.2) is 176 Å². The van der Waals surface area contributed by atoms with Crippen LogP contribution in [0.1, 0.15) is 22.3 Å². The maximum absolute atomic E-state index is 9.68. The van der Waals surface area contributed by atoms with Gasteiger partial charge in [-0.1, -0.05) is 97.1 Å². The Morgan fingerprint density at radius 2 is 0.964 bits per heavy atom. The van der Waals surface area contributed by atoms with E-state index in [9.17, 15) is 10.5 Å². The van der Waals surface area contributed by atoms with Crippen molar-refractivity contribution in [2.45, 2.75) is 6.42 Å². The van der Waals surface area contributed by atoms with Crippen molar-refractivity contribution in [3.8, 4) is 29.2 Å². The van der Waals surface area contributed by atoms with Crippen LogP contribution in [0.2, 0.25) is 0 Å². The summed E-state index contributed by atoms with van der Waals surface area (Å²) in [4.78, 5) is 0. The van der Waals surface area contributed by atoms with Crippen LogP contribution in [0, 0.1) is 22.7 Å². The second-order valence-corrected chi connectivity index (χ2v) is 14.4. The molecule has 5 nitrogen and oxygen atoms in total. The van der Waals surface area contributed by atoms with Crippen molar-refractivity contribution >= 4 is 65.4 Å². The van der Waals surface area contributed by atoms with Crippen LogP contribution in [0.4, 0.5) is 0 Å².